The van der Waals surface area contributed by atoms with Crippen LogP contribution >= 0.6 is 0 Å². The number of nitrogens with one attached hydrogen (secondary N) is 1. The van der Waals surface area contributed by atoms with Gasteiger partial charge >= 0.3 is 5.97 Å². The third kappa shape index (κ3) is 2.61. The van der Waals surface area contributed by atoms with Crippen LogP contribution in [0.5, 0.6) is 5.75 Å². The summed E-state index contributed by atoms with van der Waals surface area (Å²) in [7, 11) is 0. The molecule has 0 aliphatic carbocycles. The Balaban J connectivity index is 2.61. The van der Waals surface area contributed by atoms with Crippen LogP contribution in [-0.2, 0) is 9.59 Å². The highest BCUT2D eigenvalue weighted by molar-refractivity contribution is 5.94. The van der Waals surface area contributed by atoms with E-state index < -0.39 is 23.5 Å². The van der Waals surface area contributed by atoms with E-state index in [9.17, 15) is 19.5 Å². The molecule has 0 spiro atoms. The Bertz CT molecular complexity index is 608. The zero-order valence-electron chi connectivity index (χ0n) is 12.0. The number of hydrogen-bond donors (Lipinski definition) is 2. The summed E-state index contributed by atoms with van der Waals surface area (Å²) in [6.07, 6.45) is 0.465. The minimum Gasteiger partial charge on any atom is -0.486 e. The lowest BCUT2D eigenvalue weighted by molar-refractivity contribution is -0.152. The molecule has 0 aromatic heterocycles. The van der Waals surface area contributed by atoms with E-state index >= 15 is 0 Å². The summed E-state index contributed by atoms with van der Waals surface area (Å²) in [4.78, 5) is 33.9. The van der Waals surface area contributed by atoms with E-state index in [2.05, 4.69) is 5.32 Å². The highest BCUT2D eigenvalue weighted by atomic mass is 16.5. The first-order valence-electron chi connectivity index (χ1n) is 6.54. The van der Waals surface area contributed by atoms with E-state index in [-0.39, 0.29) is 5.78 Å². The van der Waals surface area contributed by atoms with Crippen molar-refractivity contribution >= 4 is 18.2 Å². The molecule has 0 unspecified atom stereocenters. The summed E-state index contributed by atoms with van der Waals surface area (Å²) in [6, 6.07) is 4.07. The van der Waals surface area contributed by atoms with Crippen LogP contribution in [0.2, 0.25) is 0 Å². The van der Waals surface area contributed by atoms with Gasteiger partial charge in [0.1, 0.15) is 17.3 Å². The fourth-order valence-corrected chi connectivity index (χ4v) is 2.73. The van der Waals surface area contributed by atoms with Gasteiger partial charge in [-0.3, -0.25) is 14.4 Å². The van der Waals surface area contributed by atoms with Gasteiger partial charge in [-0.05, 0) is 39.0 Å². The molecule has 112 valence electrons. The smallest absolute Gasteiger partial charge is 0.313 e. The number of benzene rings is 1. The van der Waals surface area contributed by atoms with Gasteiger partial charge in [0, 0.05) is 11.1 Å². The Hall–Kier alpha value is -2.37. The molecule has 1 aliphatic heterocycles. The van der Waals surface area contributed by atoms with Crippen molar-refractivity contribution in [3.05, 3.63) is 29.3 Å². The lowest BCUT2D eigenvalue weighted by Crippen LogP contribution is -2.52. The maximum Gasteiger partial charge on any atom is 0.313 e. The molecule has 2 N–H and O–H groups in total. The fraction of sp³-hybridized carbons (Fsp3) is 0.400. The number of rotatable bonds is 4. The van der Waals surface area contributed by atoms with Crippen molar-refractivity contribution in [2.75, 3.05) is 0 Å². The summed E-state index contributed by atoms with van der Waals surface area (Å²) < 4.78 is 5.76. The minimum atomic E-state index is -1.07. The first-order valence-corrected chi connectivity index (χ1v) is 6.54. The zero-order valence-corrected chi connectivity index (χ0v) is 12.0. The van der Waals surface area contributed by atoms with Gasteiger partial charge in [-0.25, -0.2) is 0 Å². The Kier molecular flexibility index (Phi) is 3.72. The molecule has 1 aromatic carbocycles. The minimum absolute atomic E-state index is 0.139. The van der Waals surface area contributed by atoms with E-state index in [1.807, 2.05) is 0 Å². The Morgan fingerprint density at radius 1 is 1.38 bits per heavy atom. The number of ether oxygens (including phenoxy) is 1. The molecule has 6 nitrogen and oxygen atoms in total. The molecular weight excluding hydrogens is 274 g/mol. The topological polar surface area (TPSA) is 92.7 Å². The molecule has 6 heteroatoms. The highest BCUT2D eigenvalue weighted by Gasteiger charge is 2.48. The fourth-order valence-electron chi connectivity index (χ4n) is 2.73. The molecule has 2 atom stereocenters. The number of aliphatic carboxylic acids is 1. The summed E-state index contributed by atoms with van der Waals surface area (Å²) >= 11 is 0. The van der Waals surface area contributed by atoms with Crippen LogP contribution in [0.15, 0.2) is 18.2 Å². The van der Waals surface area contributed by atoms with Gasteiger partial charge in [-0.15, -0.1) is 0 Å². The normalized spacial score (nSPS) is 22.6. The molecule has 0 bridgehead atoms. The zero-order chi connectivity index (χ0) is 15.8. The second-order valence-electron chi connectivity index (χ2n) is 5.59. The van der Waals surface area contributed by atoms with Gasteiger partial charge in [0.15, 0.2) is 5.78 Å². The average molecular weight is 291 g/mol. The van der Waals surface area contributed by atoms with E-state index in [0.29, 0.717) is 23.3 Å². The molecule has 1 aliphatic rings. The number of ketones is 1. The van der Waals surface area contributed by atoms with Crippen LogP contribution in [0.1, 0.15) is 42.7 Å². The summed E-state index contributed by atoms with van der Waals surface area (Å²) in [6.45, 7) is 4.74. The number of carboxylic acids is 1. The molecular formula is C15H17NO5. The summed E-state index contributed by atoms with van der Waals surface area (Å²) in [5, 5.41) is 12.0. The molecule has 1 aromatic rings. The van der Waals surface area contributed by atoms with E-state index in [4.69, 9.17) is 4.74 Å². The van der Waals surface area contributed by atoms with Crippen LogP contribution < -0.4 is 10.1 Å². The van der Waals surface area contributed by atoms with Crippen LogP contribution in [0.25, 0.3) is 0 Å². The van der Waals surface area contributed by atoms with Crippen molar-refractivity contribution in [2.45, 2.75) is 32.4 Å². The monoisotopic (exact) mass is 291 g/mol. The molecule has 0 fully saturated rings. The molecule has 21 heavy (non-hydrogen) atoms. The largest absolute Gasteiger partial charge is 0.486 e. The summed E-state index contributed by atoms with van der Waals surface area (Å²) in [5.74, 6) is -1.70. The molecule has 0 saturated heterocycles. The van der Waals surface area contributed by atoms with E-state index in [1.54, 1.807) is 32.0 Å². The standard InChI is InChI=1S/C15H17NO5/c1-8(18)9-4-5-11-10(6-9)13(16-7-17)12(14(19)20)15(2,3)21-11/h4-7,12-13H,1-3H3,(H,16,17)(H,19,20)/t12-,13-/m0/s1. The van der Waals surface area contributed by atoms with Crippen LogP contribution in [0, 0.1) is 5.92 Å². The maximum atomic E-state index is 11.6. The average Bonchev–Trinajstić information content (AvgIpc) is 2.36. The quantitative estimate of drug-likeness (QED) is 0.648. The molecule has 0 saturated carbocycles. The van der Waals surface area contributed by atoms with Crippen LogP contribution in [-0.4, -0.2) is 28.9 Å². The van der Waals surface area contributed by atoms with Gasteiger partial charge in [0.05, 0.1) is 6.04 Å². The molecule has 1 amide bonds. The van der Waals surface area contributed by atoms with Gasteiger partial charge < -0.3 is 15.2 Å². The van der Waals surface area contributed by atoms with Crippen molar-refractivity contribution < 1.29 is 24.2 Å². The first-order chi connectivity index (χ1) is 9.77. The molecule has 1 heterocycles. The molecule has 2 rings (SSSR count). The van der Waals surface area contributed by atoms with Gasteiger partial charge in [0.2, 0.25) is 6.41 Å². The van der Waals surface area contributed by atoms with Gasteiger partial charge in [-0.1, -0.05) is 0 Å². The number of Topliss-reactive ketones (excluding diaryl/α,β-unsaturated/α-hetero) is 1. The van der Waals surface area contributed by atoms with Crippen molar-refractivity contribution in [2.24, 2.45) is 5.92 Å². The second kappa shape index (κ2) is 5.20. The first kappa shape index (κ1) is 15.0. The van der Waals surface area contributed by atoms with E-state index in [0.717, 1.165) is 0 Å². The van der Waals surface area contributed by atoms with Crippen molar-refractivity contribution in [1.29, 1.82) is 0 Å². The lowest BCUT2D eigenvalue weighted by Gasteiger charge is -2.42. The van der Waals surface area contributed by atoms with Crippen LogP contribution in [0.3, 0.4) is 0 Å². The Morgan fingerprint density at radius 3 is 2.57 bits per heavy atom. The highest BCUT2D eigenvalue weighted by Crippen LogP contribution is 2.44. The summed E-state index contributed by atoms with van der Waals surface area (Å²) in [5.41, 5.74) is -0.0440. The maximum absolute atomic E-state index is 11.6. The van der Waals surface area contributed by atoms with Crippen molar-refractivity contribution in [3.63, 3.8) is 0 Å². The predicted molar refractivity (Wildman–Crippen MR) is 74.2 cm³/mol. The van der Waals surface area contributed by atoms with E-state index in [1.165, 1.54) is 6.92 Å². The second-order valence-corrected chi connectivity index (χ2v) is 5.59. The third-order valence-corrected chi connectivity index (χ3v) is 3.72. The molecule has 0 radical (unpaired) electrons. The van der Waals surface area contributed by atoms with Crippen molar-refractivity contribution in [3.8, 4) is 5.75 Å². The lowest BCUT2D eigenvalue weighted by atomic mass is 9.78. The Morgan fingerprint density at radius 2 is 2.05 bits per heavy atom. The van der Waals surface area contributed by atoms with Gasteiger partial charge in [0.25, 0.3) is 0 Å². The number of amides is 1. The van der Waals surface area contributed by atoms with Crippen molar-refractivity contribution in [1.82, 2.24) is 5.32 Å². The third-order valence-electron chi connectivity index (χ3n) is 3.72. The number of carbonyl (C=O) groups is 3. The SMILES string of the molecule is CC(=O)c1ccc2c(c1)[C@H](NC=O)[C@@H](C(=O)O)C(C)(C)O2. The van der Waals surface area contributed by atoms with Crippen LogP contribution in [0.4, 0.5) is 0 Å². The van der Waals surface area contributed by atoms with Gasteiger partial charge in [-0.2, -0.15) is 0 Å². The Labute approximate surface area is 122 Å². The number of carbonyl (C=O) groups excluding carboxylic acids is 2. The number of hydrogen-bond acceptors (Lipinski definition) is 4. The number of fused-ring (bicyclic) bond motifs is 1. The predicted octanol–water partition coefficient (Wildman–Crippen LogP) is 1.55. The number of carboxylic acid groups (broad SMARTS) is 1.